The summed E-state index contributed by atoms with van der Waals surface area (Å²) in [5, 5.41) is 0.773. The normalized spacial score (nSPS) is 18.1. The van der Waals surface area contributed by atoms with Gasteiger partial charge < -0.3 is 4.74 Å². The van der Waals surface area contributed by atoms with E-state index in [1.807, 2.05) is 12.1 Å². The molecule has 0 aliphatic heterocycles. The molecule has 3 aromatic rings. The van der Waals surface area contributed by atoms with Crippen molar-refractivity contribution in [3.8, 4) is 28.0 Å². The van der Waals surface area contributed by atoms with Gasteiger partial charge in [-0.25, -0.2) is 0 Å². The molecule has 1 saturated carbocycles. The van der Waals surface area contributed by atoms with Crippen LogP contribution in [0.5, 0.6) is 5.75 Å². The number of halogens is 1. The van der Waals surface area contributed by atoms with Crippen LogP contribution in [0, 0.1) is 5.92 Å². The molecule has 34 heavy (non-hydrogen) atoms. The van der Waals surface area contributed by atoms with Crippen LogP contribution in [-0.4, -0.2) is 7.11 Å². The summed E-state index contributed by atoms with van der Waals surface area (Å²) in [6, 6.07) is 23.7. The highest BCUT2D eigenvalue weighted by Gasteiger charge is 2.23. The Labute approximate surface area is 211 Å². The van der Waals surface area contributed by atoms with Gasteiger partial charge in [0.1, 0.15) is 5.75 Å². The predicted octanol–water partition coefficient (Wildman–Crippen LogP) is 10.3. The minimum Gasteiger partial charge on any atom is -0.497 e. The number of hydrogen-bond donors (Lipinski definition) is 0. The van der Waals surface area contributed by atoms with Crippen LogP contribution in [0.15, 0.2) is 66.7 Å². The van der Waals surface area contributed by atoms with Crippen molar-refractivity contribution in [2.45, 2.75) is 77.0 Å². The summed E-state index contributed by atoms with van der Waals surface area (Å²) >= 11 is 6.34. The number of ether oxygens (including phenoxy) is 1. The van der Waals surface area contributed by atoms with E-state index >= 15 is 0 Å². The molecule has 0 spiro atoms. The second-order valence-electron chi connectivity index (χ2n) is 9.96. The van der Waals surface area contributed by atoms with E-state index in [0.29, 0.717) is 5.92 Å². The van der Waals surface area contributed by atoms with Gasteiger partial charge in [0.25, 0.3) is 0 Å². The lowest BCUT2D eigenvalue weighted by atomic mass is 9.76. The van der Waals surface area contributed by atoms with Crippen LogP contribution in [0.25, 0.3) is 22.3 Å². The first-order chi connectivity index (χ1) is 16.7. The quantitative estimate of drug-likeness (QED) is 0.265. The van der Waals surface area contributed by atoms with Gasteiger partial charge in [0, 0.05) is 5.02 Å². The zero-order chi connectivity index (χ0) is 23.8. The number of hydrogen-bond acceptors (Lipinski definition) is 1. The van der Waals surface area contributed by atoms with Crippen LogP contribution >= 0.6 is 11.6 Å². The van der Waals surface area contributed by atoms with Crippen LogP contribution < -0.4 is 4.74 Å². The largest absolute Gasteiger partial charge is 0.497 e. The predicted molar refractivity (Wildman–Crippen MR) is 147 cm³/mol. The molecule has 0 unspecified atom stereocenters. The monoisotopic (exact) mass is 474 g/mol. The van der Waals surface area contributed by atoms with Crippen molar-refractivity contribution in [3.05, 3.63) is 77.3 Å². The van der Waals surface area contributed by atoms with Crippen molar-refractivity contribution in [1.29, 1.82) is 0 Å². The smallest absolute Gasteiger partial charge is 0.118 e. The Morgan fingerprint density at radius 1 is 0.765 bits per heavy atom. The molecule has 4 rings (SSSR count). The molecular weight excluding hydrogens is 436 g/mol. The SMILES string of the molecule is CCCCCCC[C@H]1CC[C@H](c2ccc(-c3cccc(Cl)c3)c(-c3ccc(OC)cc3)c2)CC1. The van der Waals surface area contributed by atoms with Crippen molar-refractivity contribution in [2.24, 2.45) is 5.92 Å². The van der Waals surface area contributed by atoms with Crippen molar-refractivity contribution in [2.75, 3.05) is 7.11 Å². The maximum Gasteiger partial charge on any atom is 0.118 e. The Morgan fingerprint density at radius 3 is 2.24 bits per heavy atom. The van der Waals surface area contributed by atoms with E-state index in [9.17, 15) is 0 Å². The molecule has 1 aliphatic rings. The summed E-state index contributed by atoms with van der Waals surface area (Å²) in [5.41, 5.74) is 6.38. The summed E-state index contributed by atoms with van der Waals surface area (Å²) in [4.78, 5) is 0. The van der Waals surface area contributed by atoms with Gasteiger partial charge >= 0.3 is 0 Å². The fraction of sp³-hybridized carbons (Fsp3) is 0.438. The zero-order valence-electron chi connectivity index (χ0n) is 20.9. The highest BCUT2D eigenvalue weighted by molar-refractivity contribution is 6.30. The maximum atomic E-state index is 6.34. The minimum atomic E-state index is 0.668. The summed E-state index contributed by atoms with van der Waals surface area (Å²) in [7, 11) is 1.72. The van der Waals surface area contributed by atoms with Crippen molar-refractivity contribution < 1.29 is 4.74 Å². The summed E-state index contributed by atoms with van der Waals surface area (Å²) < 4.78 is 5.39. The average Bonchev–Trinajstić information content (AvgIpc) is 2.89. The van der Waals surface area contributed by atoms with Crippen LogP contribution in [0.3, 0.4) is 0 Å². The maximum absolute atomic E-state index is 6.34. The third-order valence-electron chi connectivity index (χ3n) is 7.61. The van der Waals surface area contributed by atoms with Gasteiger partial charge in [-0.3, -0.25) is 0 Å². The third-order valence-corrected chi connectivity index (χ3v) is 7.85. The first-order valence-electron chi connectivity index (χ1n) is 13.2. The van der Waals surface area contributed by atoms with Crippen LogP contribution in [-0.2, 0) is 0 Å². The molecule has 2 heteroatoms. The van der Waals surface area contributed by atoms with Crippen molar-refractivity contribution in [3.63, 3.8) is 0 Å². The van der Waals surface area contributed by atoms with Crippen LogP contribution in [0.1, 0.15) is 82.6 Å². The Bertz CT molecular complexity index is 1030. The van der Waals surface area contributed by atoms with Gasteiger partial charge in [-0.05, 0) is 89.6 Å². The molecule has 3 aromatic carbocycles. The van der Waals surface area contributed by atoms with E-state index in [2.05, 4.69) is 61.5 Å². The van der Waals surface area contributed by atoms with Gasteiger partial charge in [-0.1, -0.05) is 99.5 Å². The van der Waals surface area contributed by atoms with E-state index < -0.39 is 0 Å². The molecule has 180 valence electrons. The zero-order valence-corrected chi connectivity index (χ0v) is 21.6. The standard InChI is InChI=1S/C32H39ClO/c1-3-4-5-6-7-9-24-12-14-25(15-13-24)27-18-21-31(28-10-8-11-29(33)22-28)32(23-27)26-16-19-30(34-2)20-17-26/h8,10-11,16-25H,3-7,9,12-15H2,1-2H3/t24-,25-. The summed E-state index contributed by atoms with van der Waals surface area (Å²) in [5.74, 6) is 2.49. The highest BCUT2D eigenvalue weighted by atomic mass is 35.5. The van der Waals surface area contributed by atoms with Gasteiger partial charge in [-0.15, -0.1) is 0 Å². The second kappa shape index (κ2) is 12.5. The van der Waals surface area contributed by atoms with Gasteiger partial charge in [0.15, 0.2) is 0 Å². The van der Waals surface area contributed by atoms with Crippen molar-refractivity contribution in [1.82, 2.24) is 0 Å². The van der Waals surface area contributed by atoms with E-state index in [-0.39, 0.29) is 0 Å². The summed E-state index contributed by atoms with van der Waals surface area (Å²) in [6.45, 7) is 2.29. The number of rotatable bonds is 10. The first-order valence-corrected chi connectivity index (χ1v) is 13.6. The fourth-order valence-corrected chi connectivity index (χ4v) is 5.74. The Morgan fingerprint density at radius 2 is 1.53 bits per heavy atom. The van der Waals surface area contributed by atoms with Crippen molar-refractivity contribution >= 4 is 11.6 Å². The Kier molecular flexibility index (Phi) is 9.11. The third kappa shape index (κ3) is 6.45. The highest BCUT2D eigenvalue weighted by Crippen LogP contribution is 2.41. The first kappa shape index (κ1) is 24.9. The average molecular weight is 475 g/mol. The van der Waals surface area contributed by atoms with Gasteiger partial charge in [0.2, 0.25) is 0 Å². The summed E-state index contributed by atoms with van der Waals surface area (Å²) in [6.07, 6.45) is 13.8. The number of benzene rings is 3. The lowest BCUT2D eigenvalue weighted by Gasteiger charge is -2.29. The van der Waals surface area contributed by atoms with E-state index in [1.54, 1.807) is 7.11 Å². The van der Waals surface area contributed by atoms with E-state index in [1.165, 1.54) is 86.5 Å². The molecule has 0 aromatic heterocycles. The van der Waals surface area contributed by atoms with E-state index in [0.717, 1.165) is 22.3 Å². The minimum absolute atomic E-state index is 0.668. The molecule has 0 radical (unpaired) electrons. The molecular formula is C32H39ClO. The van der Waals surface area contributed by atoms with Gasteiger partial charge in [0.05, 0.1) is 7.11 Å². The molecule has 0 saturated heterocycles. The molecule has 1 nitrogen and oxygen atoms in total. The molecule has 0 amide bonds. The van der Waals surface area contributed by atoms with E-state index in [4.69, 9.17) is 16.3 Å². The number of unbranched alkanes of at least 4 members (excludes halogenated alkanes) is 4. The van der Waals surface area contributed by atoms with Gasteiger partial charge in [-0.2, -0.15) is 0 Å². The Hall–Kier alpha value is -2.25. The fourth-order valence-electron chi connectivity index (χ4n) is 5.55. The number of methoxy groups -OCH3 is 1. The molecule has 1 aliphatic carbocycles. The lowest BCUT2D eigenvalue weighted by Crippen LogP contribution is -2.13. The molecule has 0 atom stereocenters. The molecule has 0 N–H and O–H groups in total. The van der Waals surface area contributed by atoms with Crippen LogP contribution in [0.2, 0.25) is 5.02 Å². The Balaban J connectivity index is 1.52. The second-order valence-corrected chi connectivity index (χ2v) is 10.4. The van der Waals surface area contributed by atoms with Crippen LogP contribution in [0.4, 0.5) is 0 Å². The lowest BCUT2D eigenvalue weighted by molar-refractivity contribution is 0.302. The molecule has 0 heterocycles. The topological polar surface area (TPSA) is 9.23 Å². The molecule has 1 fully saturated rings. The molecule has 0 bridgehead atoms.